The lowest BCUT2D eigenvalue weighted by atomic mass is 10.1. The van der Waals surface area contributed by atoms with Crippen molar-refractivity contribution in [1.82, 2.24) is 14.9 Å². The molecule has 7 nitrogen and oxygen atoms in total. The maximum atomic E-state index is 13.1. The van der Waals surface area contributed by atoms with Gasteiger partial charge in [-0.1, -0.05) is 12.5 Å². The van der Waals surface area contributed by atoms with Crippen molar-refractivity contribution < 1.29 is 14.3 Å². The molecule has 0 spiro atoms. The van der Waals surface area contributed by atoms with Gasteiger partial charge in [0.1, 0.15) is 10.7 Å². The number of carbonyl (C=O) groups is 1. The molecule has 0 atom stereocenters. The molecule has 1 N–H and O–H groups in total. The number of aromatic nitrogens is 2. The number of nitrogens with zero attached hydrogens (tertiary/aromatic N) is 2. The molecule has 3 heterocycles. The zero-order valence-electron chi connectivity index (χ0n) is 18.1. The van der Waals surface area contributed by atoms with Crippen molar-refractivity contribution in [2.75, 3.05) is 20.8 Å². The number of nitrogens with one attached hydrogen (secondary N) is 1. The number of carbonyl (C=O) groups excluding carboxylic acids is 1. The summed E-state index contributed by atoms with van der Waals surface area (Å²) in [7, 11) is 3.20. The summed E-state index contributed by atoms with van der Waals surface area (Å²) in [5.41, 5.74) is 1.75. The van der Waals surface area contributed by atoms with E-state index in [0.29, 0.717) is 46.1 Å². The molecule has 8 heteroatoms. The molecule has 0 saturated carbocycles. The fourth-order valence-electron chi connectivity index (χ4n) is 4.06. The number of thiophene rings is 1. The molecule has 0 unspecified atom stereocenters. The summed E-state index contributed by atoms with van der Waals surface area (Å²) in [4.78, 5) is 31.9. The second-order valence-electron chi connectivity index (χ2n) is 7.73. The highest BCUT2D eigenvalue weighted by Crippen LogP contribution is 2.29. The van der Waals surface area contributed by atoms with E-state index in [1.165, 1.54) is 11.3 Å². The molecular formula is C23H27N3O4S. The van der Waals surface area contributed by atoms with Crippen LogP contribution < -0.4 is 20.3 Å². The second kappa shape index (κ2) is 9.09. The Morgan fingerprint density at radius 3 is 2.77 bits per heavy atom. The zero-order chi connectivity index (χ0) is 22.0. The van der Waals surface area contributed by atoms with Gasteiger partial charge >= 0.3 is 0 Å². The number of ether oxygens (including phenoxy) is 2. The first-order valence-corrected chi connectivity index (χ1v) is 11.4. The van der Waals surface area contributed by atoms with E-state index in [2.05, 4.69) is 5.32 Å². The van der Waals surface area contributed by atoms with Gasteiger partial charge in [-0.2, -0.15) is 0 Å². The Bertz CT molecular complexity index is 1180. The Morgan fingerprint density at radius 2 is 2.00 bits per heavy atom. The summed E-state index contributed by atoms with van der Waals surface area (Å²) in [6.07, 6.45) is 4.63. The van der Waals surface area contributed by atoms with Crippen LogP contribution >= 0.6 is 11.3 Å². The van der Waals surface area contributed by atoms with Gasteiger partial charge in [0.25, 0.3) is 11.5 Å². The molecule has 3 aromatic rings. The van der Waals surface area contributed by atoms with E-state index in [9.17, 15) is 9.59 Å². The minimum Gasteiger partial charge on any atom is -0.493 e. The summed E-state index contributed by atoms with van der Waals surface area (Å²) >= 11 is 1.31. The van der Waals surface area contributed by atoms with Gasteiger partial charge in [0.15, 0.2) is 11.5 Å². The third-order valence-electron chi connectivity index (χ3n) is 5.76. The number of hydrogen-bond donors (Lipinski definition) is 1. The predicted molar refractivity (Wildman–Crippen MR) is 122 cm³/mol. The monoisotopic (exact) mass is 441 g/mol. The van der Waals surface area contributed by atoms with E-state index in [1.54, 1.807) is 18.8 Å². The van der Waals surface area contributed by atoms with Crippen molar-refractivity contribution in [1.29, 1.82) is 0 Å². The molecule has 1 aliphatic rings. The SMILES string of the molecule is COc1ccc(CCNC(=O)c2sc3nc4n(c(=O)c3c2C)CCCCC4)cc1OC. The molecule has 0 bridgehead atoms. The standard InChI is InChI=1S/C23H27N3O4S/c1-14-19-22(25-18-7-5-4-6-12-26(18)23(19)28)31-20(14)21(27)24-11-10-15-8-9-16(29-2)17(13-15)30-3/h8-9,13H,4-7,10-12H2,1-3H3,(H,24,27). The molecule has 0 fully saturated rings. The fourth-order valence-corrected chi connectivity index (χ4v) is 5.17. The molecule has 1 aromatic carbocycles. The Labute approximate surface area is 185 Å². The van der Waals surface area contributed by atoms with Gasteiger partial charge in [-0.05, 0) is 49.4 Å². The molecule has 164 valence electrons. The van der Waals surface area contributed by atoms with Crippen molar-refractivity contribution in [3.05, 3.63) is 50.4 Å². The van der Waals surface area contributed by atoms with E-state index in [1.807, 2.05) is 25.1 Å². The van der Waals surface area contributed by atoms with Crippen molar-refractivity contribution in [3.63, 3.8) is 0 Å². The number of methoxy groups -OCH3 is 2. The lowest BCUT2D eigenvalue weighted by molar-refractivity contribution is 0.0957. The third-order valence-corrected chi connectivity index (χ3v) is 6.95. The minimum absolute atomic E-state index is 0.0139. The van der Waals surface area contributed by atoms with Gasteiger partial charge in [-0.25, -0.2) is 4.98 Å². The van der Waals surface area contributed by atoms with E-state index in [-0.39, 0.29) is 11.5 Å². The normalized spacial score (nSPS) is 13.5. The van der Waals surface area contributed by atoms with Crippen LogP contribution in [0.5, 0.6) is 11.5 Å². The van der Waals surface area contributed by atoms with Crippen LogP contribution in [0.3, 0.4) is 0 Å². The first-order valence-electron chi connectivity index (χ1n) is 10.6. The van der Waals surface area contributed by atoms with Crippen LogP contribution in [-0.4, -0.2) is 36.2 Å². The van der Waals surface area contributed by atoms with Crippen LogP contribution in [0.15, 0.2) is 23.0 Å². The number of hydrogen-bond acceptors (Lipinski definition) is 6. The number of rotatable bonds is 6. The maximum absolute atomic E-state index is 13.1. The van der Waals surface area contributed by atoms with E-state index in [4.69, 9.17) is 14.5 Å². The average molecular weight is 442 g/mol. The molecule has 0 radical (unpaired) electrons. The molecule has 1 amide bonds. The largest absolute Gasteiger partial charge is 0.493 e. The smallest absolute Gasteiger partial charge is 0.262 e. The highest BCUT2D eigenvalue weighted by atomic mass is 32.1. The van der Waals surface area contributed by atoms with Crippen LogP contribution in [0.4, 0.5) is 0 Å². The van der Waals surface area contributed by atoms with Crippen molar-refractivity contribution in [3.8, 4) is 11.5 Å². The minimum atomic E-state index is -0.166. The van der Waals surface area contributed by atoms with Gasteiger partial charge < -0.3 is 14.8 Å². The van der Waals surface area contributed by atoms with Gasteiger partial charge in [0.05, 0.1) is 24.5 Å². The molecule has 0 aliphatic carbocycles. The highest BCUT2D eigenvalue weighted by molar-refractivity contribution is 7.20. The van der Waals surface area contributed by atoms with Crippen LogP contribution in [0.1, 0.15) is 45.9 Å². The van der Waals surface area contributed by atoms with Crippen LogP contribution in [0.25, 0.3) is 10.2 Å². The number of amides is 1. The summed E-state index contributed by atoms with van der Waals surface area (Å²) in [5.74, 6) is 2.02. The Balaban J connectivity index is 1.51. The quantitative estimate of drug-likeness (QED) is 0.633. The average Bonchev–Trinajstić information content (AvgIpc) is 2.94. The van der Waals surface area contributed by atoms with Crippen molar-refractivity contribution in [2.24, 2.45) is 0 Å². The third kappa shape index (κ3) is 4.17. The number of fused-ring (bicyclic) bond motifs is 2. The van der Waals surface area contributed by atoms with Gasteiger partial charge in [0, 0.05) is 19.5 Å². The van der Waals surface area contributed by atoms with E-state index >= 15 is 0 Å². The van der Waals surface area contributed by atoms with Gasteiger partial charge in [-0.15, -0.1) is 11.3 Å². The Hall–Kier alpha value is -2.87. The maximum Gasteiger partial charge on any atom is 0.262 e. The Morgan fingerprint density at radius 1 is 1.19 bits per heavy atom. The lowest BCUT2D eigenvalue weighted by Crippen LogP contribution is -2.26. The number of benzene rings is 1. The number of aryl methyl sites for hydroxylation is 2. The van der Waals surface area contributed by atoms with E-state index < -0.39 is 0 Å². The first-order chi connectivity index (χ1) is 15.0. The Kier molecular flexibility index (Phi) is 6.27. The van der Waals surface area contributed by atoms with Crippen LogP contribution in [0.2, 0.25) is 0 Å². The molecular weight excluding hydrogens is 414 g/mol. The van der Waals surface area contributed by atoms with Crippen molar-refractivity contribution in [2.45, 2.75) is 45.6 Å². The van der Waals surface area contributed by atoms with Gasteiger partial charge in [-0.3, -0.25) is 14.2 Å². The van der Waals surface area contributed by atoms with Crippen LogP contribution in [-0.2, 0) is 19.4 Å². The molecule has 31 heavy (non-hydrogen) atoms. The lowest BCUT2D eigenvalue weighted by Gasteiger charge is -2.10. The fraction of sp³-hybridized carbons (Fsp3) is 0.435. The summed E-state index contributed by atoms with van der Waals surface area (Å²) in [5, 5.41) is 3.56. The summed E-state index contributed by atoms with van der Waals surface area (Å²) in [6, 6.07) is 5.72. The topological polar surface area (TPSA) is 82.5 Å². The molecule has 1 aliphatic heterocycles. The highest BCUT2D eigenvalue weighted by Gasteiger charge is 2.22. The predicted octanol–water partition coefficient (Wildman–Crippen LogP) is 3.48. The molecule has 0 saturated heterocycles. The molecule has 4 rings (SSSR count). The summed E-state index contributed by atoms with van der Waals surface area (Å²) in [6.45, 7) is 3.03. The van der Waals surface area contributed by atoms with Crippen molar-refractivity contribution >= 4 is 27.5 Å². The summed E-state index contributed by atoms with van der Waals surface area (Å²) < 4.78 is 12.4. The second-order valence-corrected chi connectivity index (χ2v) is 8.73. The first kappa shape index (κ1) is 21.4. The zero-order valence-corrected chi connectivity index (χ0v) is 18.9. The van der Waals surface area contributed by atoms with E-state index in [0.717, 1.165) is 42.6 Å². The molecule has 2 aromatic heterocycles. The van der Waals surface area contributed by atoms with Crippen LogP contribution in [0, 0.1) is 6.92 Å². The van der Waals surface area contributed by atoms with Gasteiger partial charge in [0.2, 0.25) is 0 Å².